The highest BCUT2D eigenvalue weighted by Crippen LogP contribution is 2.24. The van der Waals surface area contributed by atoms with Crippen molar-refractivity contribution in [3.8, 4) is 5.75 Å². The monoisotopic (exact) mass is 421 g/mol. The fraction of sp³-hybridized carbons (Fsp3) is 0.0909. The third-order valence-corrected chi connectivity index (χ3v) is 4.55. The number of hydrogen-bond donors (Lipinski definition) is 1. The van der Waals surface area contributed by atoms with Crippen LogP contribution < -0.4 is 9.46 Å². The smallest absolute Gasteiger partial charge is 0.263 e. The lowest BCUT2D eigenvalue weighted by Crippen LogP contribution is -2.14. The van der Waals surface area contributed by atoms with Crippen LogP contribution in [-0.4, -0.2) is 25.5 Å². The van der Waals surface area contributed by atoms with Gasteiger partial charge < -0.3 is 4.74 Å². The molecule has 0 fully saturated rings. The zero-order chi connectivity index (χ0) is 14.8. The topological polar surface area (TPSA) is 81.2 Å². The first kappa shape index (κ1) is 15.2. The summed E-state index contributed by atoms with van der Waals surface area (Å²) in [6, 6.07) is 6.14. The van der Waals surface area contributed by atoms with Gasteiger partial charge in [0.05, 0.1) is 18.2 Å². The van der Waals surface area contributed by atoms with E-state index in [-0.39, 0.29) is 10.7 Å². The lowest BCUT2D eigenvalue weighted by molar-refractivity contribution is 0.413. The second-order valence-electron chi connectivity index (χ2n) is 3.62. The Morgan fingerprint density at radius 2 is 2.05 bits per heavy atom. The summed E-state index contributed by atoms with van der Waals surface area (Å²) in [6.07, 6.45) is 1.40. The number of methoxy groups -OCH3 is 1. The molecule has 106 valence electrons. The van der Waals surface area contributed by atoms with Crippen LogP contribution >= 0.6 is 31.9 Å². The molecule has 0 unspecified atom stereocenters. The van der Waals surface area contributed by atoms with E-state index in [1.54, 1.807) is 12.1 Å². The van der Waals surface area contributed by atoms with Gasteiger partial charge in [-0.2, -0.15) is 0 Å². The summed E-state index contributed by atoms with van der Waals surface area (Å²) in [5, 5.41) is 0. The molecule has 0 bridgehead atoms. The molecule has 0 saturated heterocycles. The number of sulfonamides is 1. The van der Waals surface area contributed by atoms with Crippen LogP contribution in [0.1, 0.15) is 0 Å². The largest absolute Gasteiger partial charge is 0.497 e. The lowest BCUT2D eigenvalue weighted by atomic mass is 10.3. The number of aromatic nitrogens is 2. The Labute approximate surface area is 132 Å². The zero-order valence-corrected chi connectivity index (χ0v) is 14.2. The molecule has 0 amide bonds. The van der Waals surface area contributed by atoms with E-state index < -0.39 is 10.0 Å². The van der Waals surface area contributed by atoms with Crippen LogP contribution in [0.3, 0.4) is 0 Å². The minimum absolute atomic E-state index is 0.0773. The molecule has 1 aromatic heterocycles. The first-order valence-electron chi connectivity index (χ1n) is 5.27. The SMILES string of the molecule is COc1cccc(S(=O)(=O)Nc2ncc(Br)nc2Br)c1. The molecule has 0 aliphatic carbocycles. The van der Waals surface area contributed by atoms with E-state index in [1.165, 1.54) is 25.4 Å². The molecule has 2 rings (SSSR count). The Balaban J connectivity index is 2.35. The van der Waals surface area contributed by atoms with Gasteiger partial charge in [-0.15, -0.1) is 0 Å². The highest BCUT2D eigenvalue weighted by Gasteiger charge is 2.17. The Hall–Kier alpha value is -1.19. The average Bonchev–Trinajstić information content (AvgIpc) is 2.42. The van der Waals surface area contributed by atoms with Crippen LogP contribution in [0.5, 0.6) is 5.75 Å². The fourth-order valence-corrected chi connectivity index (χ4v) is 3.46. The van der Waals surface area contributed by atoms with Gasteiger partial charge >= 0.3 is 0 Å². The summed E-state index contributed by atoms with van der Waals surface area (Å²) in [6.45, 7) is 0. The van der Waals surface area contributed by atoms with Crippen LogP contribution in [-0.2, 0) is 10.0 Å². The molecule has 2 aromatic rings. The minimum atomic E-state index is -3.76. The number of anilines is 1. The molecule has 20 heavy (non-hydrogen) atoms. The first-order chi connectivity index (χ1) is 9.42. The molecule has 0 aliphatic rings. The van der Waals surface area contributed by atoms with E-state index in [4.69, 9.17) is 4.74 Å². The van der Waals surface area contributed by atoms with Crippen molar-refractivity contribution in [3.05, 3.63) is 39.7 Å². The molecular weight excluding hydrogens is 414 g/mol. The van der Waals surface area contributed by atoms with Gasteiger partial charge in [-0.05, 0) is 44.0 Å². The van der Waals surface area contributed by atoms with Gasteiger partial charge in [-0.1, -0.05) is 6.07 Å². The van der Waals surface area contributed by atoms with Crippen molar-refractivity contribution in [2.24, 2.45) is 0 Å². The van der Waals surface area contributed by atoms with Gasteiger partial charge in [0.15, 0.2) is 10.4 Å². The number of hydrogen-bond acceptors (Lipinski definition) is 5. The quantitative estimate of drug-likeness (QED) is 0.819. The summed E-state index contributed by atoms with van der Waals surface area (Å²) in [5.41, 5.74) is 0. The highest BCUT2D eigenvalue weighted by atomic mass is 79.9. The lowest BCUT2D eigenvalue weighted by Gasteiger charge is -2.09. The van der Waals surface area contributed by atoms with E-state index in [0.29, 0.717) is 15.0 Å². The Bertz CT molecular complexity index is 737. The van der Waals surface area contributed by atoms with Crippen LogP contribution in [0.25, 0.3) is 0 Å². The van der Waals surface area contributed by atoms with E-state index in [2.05, 4.69) is 46.5 Å². The molecule has 0 atom stereocenters. The van der Waals surface area contributed by atoms with Crippen LogP contribution in [0.2, 0.25) is 0 Å². The van der Waals surface area contributed by atoms with Crippen molar-refractivity contribution in [2.75, 3.05) is 11.8 Å². The number of rotatable bonds is 4. The molecule has 0 aliphatic heterocycles. The number of benzene rings is 1. The van der Waals surface area contributed by atoms with Gasteiger partial charge in [-0.3, -0.25) is 4.72 Å². The number of nitrogens with one attached hydrogen (secondary N) is 1. The third kappa shape index (κ3) is 3.47. The number of halogens is 2. The Kier molecular flexibility index (Phi) is 4.61. The normalized spacial score (nSPS) is 11.2. The number of ether oxygens (including phenoxy) is 1. The highest BCUT2D eigenvalue weighted by molar-refractivity contribution is 9.11. The summed E-state index contributed by atoms with van der Waals surface area (Å²) in [5.74, 6) is 0.560. The summed E-state index contributed by atoms with van der Waals surface area (Å²) >= 11 is 6.29. The summed E-state index contributed by atoms with van der Waals surface area (Å²) in [7, 11) is -2.29. The molecule has 0 spiro atoms. The molecule has 0 saturated carbocycles. The zero-order valence-electron chi connectivity index (χ0n) is 10.2. The maximum atomic E-state index is 12.2. The first-order valence-corrected chi connectivity index (χ1v) is 8.34. The van der Waals surface area contributed by atoms with E-state index >= 15 is 0 Å². The van der Waals surface area contributed by atoms with Gasteiger partial charge in [-0.25, -0.2) is 18.4 Å². The van der Waals surface area contributed by atoms with Crippen LogP contribution in [0.15, 0.2) is 44.6 Å². The molecule has 1 heterocycles. The van der Waals surface area contributed by atoms with Crippen LogP contribution in [0, 0.1) is 0 Å². The Morgan fingerprint density at radius 1 is 1.30 bits per heavy atom. The standard InChI is InChI=1S/C11H9Br2N3O3S/c1-19-7-3-2-4-8(5-7)20(17,18)16-11-10(13)15-9(12)6-14-11/h2-6H,1H3,(H,14,16). The van der Waals surface area contributed by atoms with E-state index in [9.17, 15) is 8.42 Å². The molecule has 1 aromatic carbocycles. The Morgan fingerprint density at radius 3 is 2.70 bits per heavy atom. The number of nitrogens with zero attached hydrogens (tertiary/aromatic N) is 2. The van der Waals surface area contributed by atoms with Gasteiger partial charge in [0.1, 0.15) is 10.4 Å². The van der Waals surface area contributed by atoms with Crippen molar-refractivity contribution < 1.29 is 13.2 Å². The predicted octanol–water partition coefficient (Wildman–Crippen LogP) is 2.81. The van der Waals surface area contributed by atoms with Gasteiger partial charge in [0, 0.05) is 6.07 Å². The molecule has 1 N–H and O–H groups in total. The van der Waals surface area contributed by atoms with Gasteiger partial charge in [0.25, 0.3) is 10.0 Å². The molecule has 9 heteroatoms. The van der Waals surface area contributed by atoms with Crippen LogP contribution in [0.4, 0.5) is 5.82 Å². The summed E-state index contributed by atoms with van der Waals surface area (Å²) < 4.78 is 32.6. The second kappa shape index (κ2) is 6.06. The maximum Gasteiger partial charge on any atom is 0.263 e. The third-order valence-electron chi connectivity index (χ3n) is 2.28. The van der Waals surface area contributed by atoms with E-state index in [1.807, 2.05) is 0 Å². The molecule has 6 nitrogen and oxygen atoms in total. The maximum absolute atomic E-state index is 12.2. The predicted molar refractivity (Wildman–Crippen MR) is 81.2 cm³/mol. The minimum Gasteiger partial charge on any atom is -0.497 e. The van der Waals surface area contributed by atoms with Gasteiger partial charge in [0.2, 0.25) is 0 Å². The second-order valence-corrected chi connectivity index (χ2v) is 6.86. The molecule has 0 radical (unpaired) electrons. The van der Waals surface area contributed by atoms with Crippen molar-refractivity contribution >= 4 is 47.7 Å². The fourth-order valence-electron chi connectivity index (χ4n) is 1.37. The average molecular weight is 423 g/mol. The van der Waals surface area contributed by atoms with E-state index in [0.717, 1.165) is 0 Å². The van der Waals surface area contributed by atoms with Crippen molar-refractivity contribution in [2.45, 2.75) is 4.90 Å². The van der Waals surface area contributed by atoms with Crippen molar-refractivity contribution in [3.63, 3.8) is 0 Å². The van der Waals surface area contributed by atoms with Crippen molar-refractivity contribution in [1.82, 2.24) is 9.97 Å². The molecular formula is C11H9Br2N3O3S. The summed E-state index contributed by atoms with van der Waals surface area (Å²) in [4.78, 5) is 8.03. The van der Waals surface area contributed by atoms with Crippen molar-refractivity contribution in [1.29, 1.82) is 0 Å².